The summed E-state index contributed by atoms with van der Waals surface area (Å²) in [5.41, 5.74) is 0. The van der Waals surface area contributed by atoms with Crippen LogP contribution in [-0.4, -0.2) is 0 Å². The molecule has 1 rings (SSSR count). The summed E-state index contributed by atoms with van der Waals surface area (Å²) in [6, 6.07) is 0. The Morgan fingerprint density at radius 1 is 0.867 bits per heavy atom. The first kappa shape index (κ1) is 24.2. The molecule has 0 aromatic rings. The SMILES string of the molecule is CC(C)C1CCCC1.[C-]#[O+].[C-]#[O+].[C-]#[O+].[Re]. The Balaban J connectivity index is -0.0000000755. The largest absolute Gasteiger partial charge is 0 e. The van der Waals surface area contributed by atoms with Crippen molar-refractivity contribution in [1.29, 1.82) is 0 Å². The minimum atomic E-state index is 0. The second kappa shape index (κ2) is 23.6. The average molecular weight is 382 g/mol. The molecule has 85 valence electrons. The normalized spacial score (nSPS) is 12.6. The van der Waals surface area contributed by atoms with Gasteiger partial charge in [-0.1, -0.05) is 39.5 Å². The second-order valence-electron chi connectivity index (χ2n) is 3.29. The molecule has 0 aromatic carbocycles. The first-order valence-electron chi connectivity index (χ1n) is 4.42. The van der Waals surface area contributed by atoms with Crippen LogP contribution < -0.4 is 0 Å². The third-order valence-electron chi connectivity index (χ3n) is 2.34. The summed E-state index contributed by atoms with van der Waals surface area (Å²) in [6.45, 7) is 18.2. The molecule has 1 radical (unpaired) electrons. The molecule has 0 N–H and O–H groups in total. The van der Waals surface area contributed by atoms with E-state index in [0.29, 0.717) is 0 Å². The molecule has 0 bridgehead atoms. The van der Waals surface area contributed by atoms with E-state index in [1.54, 1.807) is 0 Å². The summed E-state index contributed by atoms with van der Waals surface area (Å²) in [5, 5.41) is 0. The van der Waals surface area contributed by atoms with Crippen LogP contribution in [-0.2, 0) is 34.4 Å². The van der Waals surface area contributed by atoms with E-state index < -0.39 is 0 Å². The molecule has 15 heavy (non-hydrogen) atoms. The Labute approximate surface area is 106 Å². The van der Waals surface area contributed by atoms with E-state index in [1.165, 1.54) is 25.7 Å². The second-order valence-corrected chi connectivity index (χ2v) is 3.29. The van der Waals surface area contributed by atoms with Crippen LogP contribution in [0.3, 0.4) is 0 Å². The molecule has 3 nitrogen and oxygen atoms in total. The monoisotopic (exact) mass is 383 g/mol. The third kappa shape index (κ3) is 16.6. The van der Waals surface area contributed by atoms with Crippen LogP contribution in [0.4, 0.5) is 0 Å². The van der Waals surface area contributed by atoms with Gasteiger partial charge in [-0.05, 0) is 11.8 Å². The van der Waals surface area contributed by atoms with Crippen molar-refractivity contribution >= 4 is 0 Å². The van der Waals surface area contributed by atoms with Gasteiger partial charge in [0.05, 0.1) is 0 Å². The maximum Gasteiger partial charge on any atom is 0 e. The fourth-order valence-electron chi connectivity index (χ4n) is 1.62. The van der Waals surface area contributed by atoms with Crippen molar-refractivity contribution in [2.45, 2.75) is 39.5 Å². The van der Waals surface area contributed by atoms with Crippen LogP contribution in [0.15, 0.2) is 0 Å². The van der Waals surface area contributed by atoms with E-state index in [1.807, 2.05) is 0 Å². The van der Waals surface area contributed by atoms with Gasteiger partial charge in [0.1, 0.15) is 0 Å². The Morgan fingerprint density at radius 3 is 1.27 bits per heavy atom. The molecule has 0 atom stereocenters. The Morgan fingerprint density at radius 2 is 1.13 bits per heavy atom. The van der Waals surface area contributed by atoms with Gasteiger partial charge in [0, 0.05) is 20.4 Å². The summed E-state index contributed by atoms with van der Waals surface area (Å²) in [5.74, 6) is 2.01. The van der Waals surface area contributed by atoms with Gasteiger partial charge >= 0.3 is 33.9 Å². The van der Waals surface area contributed by atoms with Crippen molar-refractivity contribution in [2.75, 3.05) is 0 Å². The molecular formula is C11H16O3Re. The molecule has 0 heterocycles. The summed E-state index contributed by atoms with van der Waals surface area (Å²) < 4.78 is 22.5. The quantitative estimate of drug-likeness (QED) is 0.495. The van der Waals surface area contributed by atoms with Crippen molar-refractivity contribution < 1.29 is 34.4 Å². The molecule has 0 aliphatic heterocycles. The number of hydrogen-bond acceptors (Lipinski definition) is 0. The molecular weight excluding hydrogens is 366 g/mol. The predicted octanol–water partition coefficient (Wildman–Crippen LogP) is 2.72. The Bertz CT molecular complexity index is 141. The third-order valence-corrected chi connectivity index (χ3v) is 2.34. The fourth-order valence-corrected chi connectivity index (χ4v) is 1.62. The van der Waals surface area contributed by atoms with Crippen molar-refractivity contribution in [3.63, 3.8) is 0 Å². The van der Waals surface area contributed by atoms with Crippen molar-refractivity contribution in [3.05, 3.63) is 20.0 Å². The zero-order valence-corrected chi connectivity index (χ0v) is 11.8. The minimum absolute atomic E-state index is 0. The standard InChI is InChI=1S/C8H16.3CO.Re/c1-7(2)8-5-3-4-6-8;3*1-2;/h7-8H,3-6H2,1-2H3;;;;. The van der Waals surface area contributed by atoms with Crippen molar-refractivity contribution in [2.24, 2.45) is 11.8 Å². The predicted molar refractivity (Wildman–Crippen MR) is 48.6 cm³/mol. The van der Waals surface area contributed by atoms with Crippen LogP contribution in [0.5, 0.6) is 0 Å². The summed E-state index contributed by atoms with van der Waals surface area (Å²) in [6.07, 6.45) is 5.97. The van der Waals surface area contributed by atoms with Gasteiger partial charge in [-0.3, -0.25) is 0 Å². The molecule has 1 aliphatic rings. The van der Waals surface area contributed by atoms with Crippen molar-refractivity contribution in [1.82, 2.24) is 0 Å². The van der Waals surface area contributed by atoms with E-state index >= 15 is 0 Å². The molecule has 1 aliphatic carbocycles. The van der Waals surface area contributed by atoms with Gasteiger partial charge in [-0.25, -0.2) is 0 Å². The number of rotatable bonds is 1. The van der Waals surface area contributed by atoms with Crippen LogP contribution in [0, 0.1) is 31.8 Å². The first-order chi connectivity index (χ1) is 6.80. The molecule has 0 unspecified atom stereocenters. The molecule has 0 amide bonds. The first-order valence-corrected chi connectivity index (χ1v) is 4.42. The zero-order chi connectivity index (χ0) is 12.0. The molecule has 0 aromatic heterocycles. The Kier molecular flexibility index (Phi) is 38.1. The fraction of sp³-hybridized carbons (Fsp3) is 0.727. The maximum absolute atomic E-state index is 7.50. The van der Waals surface area contributed by atoms with E-state index in [9.17, 15) is 0 Å². The van der Waals surface area contributed by atoms with Crippen LogP contribution >= 0.6 is 0 Å². The van der Waals surface area contributed by atoms with Crippen molar-refractivity contribution in [3.8, 4) is 0 Å². The zero-order valence-electron chi connectivity index (χ0n) is 9.09. The van der Waals surface area contributed by atoms with E-state index in [2.05, 4.69) is 33.8 Å². The van der Waals surface area contributed by atoms with Gasteiger partial charge in [0.2, 0.25) is 0 Å². The summed E-state index contributed by atoms with van der Waals surface area (Å²) in [4.78, 5) is 0. The van der Waals surface area contributed by atoms with E-state index in [4.69, 9.17) is 14.0 Å². The molecule has 1 saturated carbocycles. The topological polar surface area (TPSA) is 59.7 Å². The van der Waals surface area contributed by atoms with Gasteiger partial charge in [-0.2, -0.15) is 0 Å². The van der Waals surface area contributed by atoms with E-state index in [-0.39, 0.29) is 20.4 Å². The van der Waals surface area contributed by atoms with Crippen LogP contribution in [0.25, 0.3) is 0 Å². The van der Waals surface area contributed by atoms with Gasteiger partial charge in [0.25, 0.3) is 0 Å². The average Bonchev–Trinajstić information content (AvgIpc) is 2.80. The smallest absolute Gasteiger partial charge is 0 e. The summed E-state index contributed by atoms with van der Waals surface area (Å²) in [7, 11) is 0. The summed E-state index contributed by atoms with van der Waals surface area (Å²) >= 11 is 0. The molecule has 0 spiro atoms. The van der Waals surface area contributed by atoms with Gasteiger partial charge < -0.3 is 0 Å². The van der Waals surface area contributed by atoms with Crippen LogP contribution in [0.1, 0.15) is 39.5 Å². The number of hydrogen-bond donors (Lipinski definition) is 0. The van der Waals surface area contributed by atoms with Crippen LogP contribution in [0.2, 0.25) is 0 Å². The minimum Gasteiger partial charge on any atom is 0 e. The van der Waals surface area contributed by atoms with Gasteiger partial charge in [-0.15, -0.1) is 0 Å². The Hall–Kier alpha value is -0.118. The van der Waals surface area contributed by atoms with E-state index in [0.717, 1.165) is 11.8 Å². The molecule has 1 fully saturated rings. The molecule has 0 saturated heterocycles. The molecule has 4 heteroatoms. The maximum atomic E-state index is 7.50. The van der Waals surface area contributed by atoms with Gasteiger partial charge in [0.15, 0.2) is 0 Å².